The number of hydrogen-bond acceptors (Lipinski definition) is 0. The molecule has 0 aromatic heterocycles. The van der Waals surface area contributed by atoms with Crippen LogP contribution in [0.2, 0.25) is 0 Å². The van der Waals surface area contributed by atoms with E-state index in [1.807, 2.05) is 0 Å². The van der Waals surface area contributed by atoms with Crippen molar-refractivity contribution in [1.82, 2.24) is 0 Å². The van der Waals surface area contributed by atoms with Crippen LogP contribution in [0, 0.1) is 17.8 Å². The van der Waals surface area contributed by atoms with E-state index in [-0.39, 0.29) is 0 Å². The molecule has 0 amide bonds. The first-order chi connectivity index (χ1) is 14.7. The molecular weight excluding hydrogens is 360 g/mol. The van der Waals surface area contributed by atoms with Gasteiger partial charge in [0, 0.05) is 0 Å². The SMILES string of the molecule is CCCCCCCC(CC)CCCCC(CC)CCCCCCCC(C)CCCC. The van der Waals surface area contributed by atoms with Gasteiger partial charge in [0.15, 0.2) is 0 Å². The molecule has 0 bridgehead atoms. The van der Waals surface area contributed by atoms with Crippen molar-refractivity contribution in [3.8, 4) is 0 Å². The van der Waals surface area contributed by atoms with Gasteiger partial charge in [0.2, 0.25) is 0 Å². The second-order valence-corrected chi connectivity index (χ2v) is 10.6. The van der Waals surface area contributed by atoms with Crippen LogP contribution in [0.15, 0.2) is 0 Å². The molecule has 0 heterocycles. The molecule has 0 aliphatic rings. The van der Waals surface area contributed by atoms with E-state index in [4.69, 9.17) is 0 Å². The molecule has 0 rings (SSSR count). The van der Waals surface area contributed by atoms with Crippen LogP contribution in [-0.2, 0) is 0 Å². The van der Waals surface area contributed by atoms with Crippen LogP contribution >= 0.6 is 0 Å². The van der Waals surface area contributed by atoms with Crippen LogP contribution in [0.1, 0.15) is 176 Å². The second-order valence-electron chi connectivity index (χ2n) is 10.6. The maximum Gasteiger partial charge on any atom is -0.0417 e. The van der Waals surface area contributed by atoms with E-state index in [9.17, 15) is 0 Å². The predicted molar refractivity (Wildman–Crippen MR) is 140 cm³/mol. The zero-order chi connectivity index (χ0) is 22.3. The van der Waals surface area contributed by atoms with E-state index < -0.39 is 0 Å². The van der Waals surface area contributed by atoms with Gasteiger partial charge >= 0.3 is 0 Å². The van der Waals surface area contributed by atoms with E-state index in [0.717, 1.165) is 17.8 Å². The quantitative estimate of drug-likeness (QED) is 0.136. The van der Waals surface area contributed by atoms with Gasteiger partial charge in [-0.1, -0.05) is 176 Å². The van der Waals surface area contributed by atoms with Gasteiger partial charge < -0.3 is 0 Å². The summed E-state index contributed by atoms with van der Waals surface area (Å²) >= 11 is 0. The molecular formula is C30H62. The first-order valence-corrected chi connectivity index (χ1v) is 14.7. The number of hydrogen-bond donors (Lipinski definition) is 0. The van der Waals surface area contributed by atoms with E-state index in [1.54, 1.807) is 0 Å². The van der Waals surface area contributed by atoms with Crippen LogP contribution < -0.4 is 0 Å². The lowest BCUT2D eigenvalue weighted by Crippen LogP contribution is -2.02. The summed E-state index contributed by atoms with van der Waals surface area (Å²) in [5, 5.41) is 0. The lowest BCUT2D eigenvalue weighted by atomic mass is 9.89. The van der Waals surface area contributed by atoms with Gasteiger partial charge in [-0.2, -0.15) is 0 Å². The summed E-state index contributed by atoms with van der Waals surface area (Å²) in [5.41, 5.74) is 0. The Morgan fingerprint density at radius 2 is 0.700 bits per heavy atom. The molecule has 0 aliphatic carbocycles. The van der Waals surface area contributed by atoms with Gasteiger partial charge in [0.1, 0.15) is 0 Å². The first kappa shape index (κ1) is 30.0. The van der Waals surface area contributed by atoms with Crippen LogP contribution in [-0.4, -0.2) is 0 Å². The Morgan fingerprint density at radius 3 is 1.13 bits per heavy atom. The fourth-order valence-electron chi connectivity index (χ4n) is 5.16. The summed E-state index contributed by atoms with van der Waals surface area (Å²) in [5.74, 6) is 2.98. The molecule has 0 saturated heterocycles. The zero-order valence-corrected chi connectivity index (χ0v) is 22.3. The lowest BCUT2D eigenvalue weighted by molar-refractivity contribution is 0.361. The van der Waals surface area contributed by atoms with Crippen LogP contribution in [0.3, 0.4) is 0 Å². The van der Waals surface area contributed by atoms with Crippen molar-refractivity contribution in [3.63, 3.8) is 0 Å². The molecule has 3 atom stereocenters. The standard InChI is InChI=1S/C30H62/c1-6-10-12-14-18-24-29(8-3)26-20-21-27-30(9-4)25-19-16-13-15-17-23-28(5)22-11-7-2/h28-30H,6-27H2,1-5H3. The minimum absolute atomic E-state index is 0.961. The van der Waals surface area contributed by atoms with Crippen LogP contribution in [0.25, 0.3) is 0 Å². The van der Waals surface area contributed by atoms with Crippen molar-refractivity contribution >= 4 is 0 Å². The average molecular weight is 423 g/mol. The summed E-state index contributed by atoms with van der Waals surface area (Å²) < 4.78 is 0. The normalized spacial score (nSPS) is 14.7. The third kappa shape index (κ3) is 19.9. The third-order valence-corrected chi connectivity index (χ3v) is 7.71. The van der Waals surface area contributed by atoms with Gasteiger partial charge in [0.25, 0.3) is 0 Å². The van der Waals surface area contributed by atoms with Crippen molar-refractivity contribution in [2.45, 2.75) is 176 Å². The van der Waals surface area contributed by atoms with E-state index in [0.29, 0.717) is 0 Å². The first-order valence-electron chi connectivity index (χ1n) is 14.7. The molecule has 0 aromatic rings. The molecule has 0 N–H and O–H groups in total. The summed E-state index contributed by atoms with van der Waals surface area (Å²) in [4.78, 5) is 0. The largest absolute Gasteiger partial charge is 0.0654 e. The topological polar surface area (TPSA) is 0 Å². The van der Waals surface area contributed by atoms with Crippen molar-refractivity contribution < 1.29 is 0 Å². The minimum atomic E-state index is 0.961. The molecule has 0 aromatic carbocycles. The van der Waals surface area contributed by atoms with Gasteiger partial charge in [-0.05, 0) is 17.8 Å². The Hall–Kier alpha value is 0. The average Bonchev–Trinajstić information content (AvgIpc) is 2.76. The van der Waals surface area contributed by atoms with Crippen molar-refractivity contribution in [2.24, 2.45) is 17.8 Å². The van der Waals surface area contributed by atoms with Gasteiger partial charge in [-0.15, -0.1) is 0 Å². The maximum absolute atomic E-state index is 2.46. The molecule has 0 radical (unpaired) electrons. The van der Waals surface area contributed by atoms with Gasteiger partial charge in [-0.25, -0.2) is 0 Å². The Kier molecular flexibility index (Phi) is 23.7. The second kappa shape index (κ2) is 23.7. The molecule has 30 heavy (non-hydrogen) atoms. The van der Waals surface area contributed by atoms with E-state index >= 15 is 0 Å². The smallest absolute Gasteiger partial charge is 0.0417 e. The summed E-state index contributed by atoms with van der Waals surface area (Å²) in [6.07, 6.45) is 32.1. The van der Waals surface area contributed by atoms with Crippen molar-refractivity contribution in [1.29, 1.82) is 0 Å². The van der Waals surface area contributed by atoms with E-state index in [2.05, 4.69) is 34.6 Å². The van der Waals surface area contributed by atoms with Crippen LogP contribution in [0.5, 0.6) is 0 Å². The predicted octanol–water partition coefficient (Wildman–Crippen LogP) is 11.5. The summed E-state index contributed by atoms with van der Waals surface area (Å²) in [6, 6.07) is 0. The Morgan fingerprint density at radius 1 is 0.367 bits per heavy atom. The number of unbranched alkanes of at least 4 members (excludes halogenated alkanes) is 10. The minimum Gasteiger partial charge on any atom is -0.0654 e. The highest BCUT2D eigenvalue weighted by Gasteiger charge is 2.09. The van der Waals surface area contributed by atoms with Crippen LogP contribution in [0.4, 0.5) is 0 Å². The Labute approximate surface area is 193 Å². The van der Waals surface area contributed by atoms with Gasteiger partial charge in [-0.3, -0.25) is 0 Å². The van der Waals surface area contributed by atoms with Crippen molar-refractivity contribution in [3.05, 3.63) is 0 Å². The molecule has 0 heteroatoms. The molecule has 0 nitrogen and oxygen atoms in total. The molecule has 182 valence electrons. The van der Waals surface area contributed by atoms with E-state index in [1.165, 1.54) is 141 Å². The van der Waals surface area contributed by atoms with Gasteiger partial charge in [0.05, 0.1) is 0 Å². The fraction of sp³-hybridized carbons (Fsp3) is 1.00. The lowest BCUT2D eigenvalue weighted by Gasteiger charge is -2.17. The fourth-order valence-corrected chi connectivity index (χ4v) is 5.16. The molecule has 0 spiro atoms. The number of rotatable bonds is 24. The van der Waals surface area contributed by atoms with Crippen molar-refractivity contribution in [2.75, 3.05) is 0 Å². The molecule has 3 unspecified atom stereocenters. The Balaban J connectivity index is 3.60. The molecule has 0 aliphatic heterocycles. The summed E-state index contributed by atoms with van der Waals surface area (Å²) in [7, 11) is 0. The molecule has 0 fully saturated rings. The summed E-state index contributed by atoms with van der Waals surface area (Å²) in [6.45, 7) is 11.9. The third-order valence-electron chi connectivity index (χ3n) is 7.71. The highest BCUT2D eigenvalue weighted by molar-refractivity contribution is 4.62. The Bertz CT molecular complexity index is 307. The zero-order valence-electron chi connectivity index (χ0n) is 22.3. The molecule has 0 saturated carbocycles. The maximum atomic E-state index is 2.46. The highest BCUT2D eigenvalue weighted by Crippen LogP contribution is 2.25. The monoisotopic (exact) mass is 422 g/mol. The highest BCUT2D eigenvalue weighted by atomic mass is 14.2.